The highest BCUT2D eigenvalue weighted by Crippen LogP contribution is 2.32. The third-order valence-electron chi connectivity index (χ3n) is 4.60. The van der Waals surface area contributed by atoms with Crippen LogP contribution in [-0.2, 0) is 12.8 Å². The van der Waals surface area contributed by atoms with Crippen LogP contribution >= 0.6 is 0 Å². The van der Waals surface area contributed by atoms with Crippen LogP contribution in [0.25, 0.3) is 22.2 Å². The molecule has 0 atom stereocenters. The fourth-order valence-corrected chi connectivity index (χ4v) is 3.19. The highest BCUT2D eigenvalue weighted by Gasteiger charge is 2.13. The summed E-state index contributed by atoms with van der Waals surface area (Å²) in [7, 11) is 0. The fourth-order valence-electron chi connectivity index (χ4n) is 3.19. The van der Waals surface area contributed by atoms with Gasteiger partial charge in [-0.2, -0.15) is 0 Å². The van der Waals surface area contributed by atoms with E-state index in [-0.39, 0.29) is 0 Å². The summed E-state index contributed by atoms with van der Waals surface area (Å²) in [5.74, 6) is 0. The molecule has 0 amide bonds. The van der Waals surface area contributed by atoms with Crippen molar-refractivity contribution in [2.75, 3.05) is 6.54 Å². The van der Waals surface area contributed by atoms with Gasteiger partial charge in [-0.05, 0) is 68.0 Å². The Morgan fingerprint density at radius 3 is 2.48 bits per heavy atom. The number of hydrogen-bond acceptors (Lipinski definition) is 1. The second-order valence-electron chi connectivity index (χ2n) is 6.32. The fraction of sp³-hybridized carbons (Fsp3) is 0.333. The van der Waals surface area contributed by atoms with Crippen LogP contribution in [0.1, 0.15) is 36.5 Å². The van der Waals surface area contributed by atoms with Crippen LogP contribution in [-0.4, -0.2) is 11.5 Å². The largest absolute Gasteiger partial charge is 0.354 e. The van der Waals surface area contributed by atoms with Crippen molar-refractivity contribution < 1.29 is 0 Å². The molecule has 2 aromatic carbocycles. The number of unbranched alkanes of at least 4 members (excludes halogenated alkanes) is 1. The maximum Gasteiger partial charge on any atom is 0.0497 e. The molecule has 120 valence electrons. The first-order valence-corrected chi connectivity index (χ1v) is 8.63. The smallest absolute Gasteiger partial charge is 0.0497 e. The minimum Gasteiger partial charge on any atom is -0.354 e. The molecule has 1 aromatic heterocycles. The Morgan fingerprint density at radius 1 is 1.00 bits per heavy atom. The minimum absolute atomic E-state index is 0.766. The number of H-pyrrole nitrogens is 1. The van der Waals surface area contributed by atoms with Gasteiger partial charge in [-0.3, -0.25) is 0 Å². The number of aryl methyl sites for hydroxylation is 3. The average molecular weight is 306 g/mol. The van der Waals surface area contributed by atoms with E-state index in [0.717, 1.165) is 32.2 Å². The zero-order valence-corrected chi connectivity index (χ0v) is 14.2. The summed E-state index contributed by atoms with van der Waals surface area (Å²) in [6.07, 6.45) is 4.36. The standard InChI is InChI=1S/C21H26N2/c1-3-16-9-12-20-19(14-16)18(6-4-5-13-22)21(23-20)17-10-7-15(2)8-11-17/h7-12,14,23H,3-6,13,22H2,1-2H3. The summed E-state index contributed by atoms with van der Waals surface area (Å²) >= 11 is 0. The van der Waals surface area contributed by atoms with Crippen LogP contribution in [0.15, 0.2) is 42.5 Å². The van der Waals surface area contributed by atoms with E-state index in [1.807, 2.05) is 0 Å². The Kier molecular flexibility index (Phi) is 4.82. The highest BCUT2D eigenvalue weighted by atomic mass is 14.7. The molecule has 0 spiro atoms. The number of fused-ring (bicyclic) bond motifs is 1. The molecule has 3 rings (SSSR count). The van der Waals surface area contributed by atoms with Gasteiger partial charge in [-0.25, -0.2) is 0 Å². The van der Waals surface area contributed by atoms with Crippen LogP contribution < -0.4 is 5.73 Å². The lowest BCUT2D eigenvalue weighted by Crippen LogP contribution is -1.99. The van der Waals surface area contributed by atoms with Crippen LogP contribution in [0.4, 0.5) is 0 Å². The monoisotopic (exact) mass is 306 g/mol. The summed E-state index contributed by atoms with van der Waals surface area (Å²) in [5.41, 5.74) is 13.6. The van der Waals surface area contributed by atoms with Gasteiger partial charge in [0, 0.05) is 16.6 Å². The van der Waals surface area contributed by atoms with Crippen molar-refractivity contribution in [1.82, 2.24) is 4.98 Å². The first-order valence-electron chi connectivity index (χ1n) is 8.63. The van der Waals surface area contributed by atoms with Gasteiger partial charge >= 0.3 is 0 Å². The van der Waals surface area contributed by atoms with Crippen molar-refractivity contribution in [2.24, 2.45) is 5.73 Å². The number of rotatable bonds is 6. The Morgan fingerprint density at radius 2 is 1.78 bits per heavy atom. The van der Waals surface area contributed by atoms with Gasteiger partial charge in [-0.1, -0.05) is 42.8 Å². The van der Waals surface area contributed by atoms with Crippen molar-refractivity contribution >= 4 is 10.9 Å². The van der Waals surface area contributed by atoms with E-state index < -0.39 is 0 Å². The van der Waals surface area contributed by atoms with E-state index in [4.69, 9.17) is 5.73 Å². The van der Waals surface area contributed by atoms with E-state index in [9.17, 15) is 0 Å². The summed E-state index contributed by atoms with van der Waals surface area (Å²) in [6, 6.07) is 15.6. The molecule has 3 aromatic rings. The molecule has 1 heterocycles. The Labute approximate surface area is 138 Å². The molecule has 0 saturated carbocycles. The highest BCUT2D eigenvalue weighted by molar-refractivity contribution is 5.91. The van der Waals surface area contributed by atoms with Crippen molar-refractivity contribution in [3.8, 4) is 11.3 Å². The molecule has 23 heavy (non-hydrogen) atoms. The van der Waals surface area contributed by atoms with Gasteiger partial charge in [0.15, 0.2) is 0 Å². The second-order valence-corrected chi connectivity index (χ2v) is 6.32. The van der Waals surface area contributed by atoms with Crippen molar-refractivity contribution in [1.29, 1.82) is 0 Å². The third kappa shape index (κ3) is 3.32. The lowest BCUT2D eigenvalue weighted by atomic mass is 9.98. The quantitative estimate of drug-likeness (QED) is 0.619. The van der Waals surface area contributed by atoms with Crippen molar-refractivity contribution in [3.63, 3.8) is 0 Å². The molecule has 0 bridgehead atoms. The minimum atomic E-state index is 0.766. The van der Waals surface area contributed by atoms with E-state index >= 15 is 0 Å². The maximum atomic E-state index is 5.68. The van der Waals surface area contributed by atoms with Crippen molar-refractivity contribution in [3.05, 3.63) is 59.2 Å². The van der Waals surface area contributed by atoms with Crippen molar-refractivity contribution in [2.45, 2.75) is 39.5 Å². The molecular weight excluding hydrogens is 280 g/mol. The summed E-state index contributed by atoms with van der Waals surface area (Å²) in [6.45, 7) is 5.11. The second kappa shape index (κ2) is 7.01. The predicted molar refractivity (Wildman–Crippen MR) is 99.8 cm³/mol. The Bertz CT molecular complexity index is 781. The summed E-state index contributed by atoms with van der Waals surface area (Å²) in [4.78, 5) is 3.65. The Hall–Kier alpha value is -2.06. The first-order chi connectivity index (χ1) is 11.2. The SMILES string of the molecule is CCc1ccc2[nH]c(-c3ccc(C)cc3)c(CCCCN)c2c1. The number of nitrogens with one attached hydrogen (secondary N) is 1. The number of aromatic nitrogens is 1. The van der Waals surface area contributed by atoms with Gasteiger partial charge in [0.25, 0.3) is 0 Å². The molecule has 0 saturated heterocycles. The molecule has 3 N–H and O–H groups in total. The van der Waals surface area contributed by atoms with Gasteiger partial charge in [0.2, 0.25) is 0 Å². The molecule has 0 radical (unpaired) electrons. The molecule has 0 fully saturated rings. The van der Waals surface area contributed by atoms with Gasteiger partial charge in [0.05, 0.1) is 0 Å². The molecular formula is C21H26N2. The normalized spacial score (nSPS) is 11.3. The van der Waals surface area contributed by atoms with Gasteiger partial charge in [0.1, 0.15) is 0 Å². The molecule has 0 unspecified atom stereocenters. The van der Waals surface area contributed by atoms with Crippen LogP contribution in [0.2, 0.25) is 0 Å². The number of aromatic amines is 1. The number of hydrogen-bond donors (Lipinski definition) is 2. The predicted octanol–water partition coefficient (Wildman–Crippen LogP) is 4.99. The lowest BCUT2D eigenvalue weighted by molar-refractivity contribution is 0.748. The number of benzene rings is 2. The van der Waals surface area contributed by atoms with Crippen LogP contribution in [0.5, 0.6) is 0 Å². The van der Waals surface area contributed by atoms with E-state index in [1.54, 1.807) is 0 Å². The topological polar surface area (TPSA) is 41.8 Å². The van der Waals surface area contributed by atoms with E-state index in [0.29, 0.717) is 0 Å². The molecule has 0 aliphatic carbocycles. The zero-order chi connectivity index (χ0) is 16.2. The average Bonchev–Trinajstić information content (AvgIpc) is 2.93. The molecule has 0 aliphatic heterocycles. The van der Waals surface area contributed by atoms with E-state index in [1.165, 1.54) is 38.9 Å². The molecule has 2 nitrogen and oxygen atoms in total. The van der Waals surface area contributed by atoms with Gasteiger partial charge in [-0.15, -0.1) is 0 Å². The maximum absolute atomic E-state index is 5.68. The molecule has 0 aliphatic rings. The van der Waals surface area contributed by atoms with Gasteiger partial charge < -0.3 is 10.7 Å². The Balaban J connectivity index is 2.10. The third-order valence-corrected chi connectivity index (χ3v) is 4.60. The van der Waals surface area contributed by atoms with Crippen LogP contribution in [0.3, 0.4) is 0 Å². The first kappa shape index (κ1) is 15.8. The van der Waals surface area contributed by atoms with E-state index in [2.05, 4.69) is 61.3 Å². The lowest BCUT2D eigenvalue weighted by Gasteiger charge is -2.06. The van der Waals surface area contributed by atoms with Crippen LogP contribution in [0, 0.1) is 6.92 Å². The molecule has 2 heteroatoms. The zero-order valence-electron chi connectivity index (χ0n) is 14.2. The number of nitrogens with two attached hydrogens (primary N) is 1. The summed E-state index contributed by atoms with van der Waals surface area (Å²) < 4.78 is 0. The summed E-state index contributed by atoms with van der Waals surface area (Å²) in [5, 5.41) is 1.37.